The maximum atomic E-state index is 11.0. The molecule has 1 aromatic carbocycles. The minimum absolute atomic E-state index is 0.505. The van der Waals surface area contributed by atoms with E-state index in [1.807, 2.05) is 35.9 Å². The summed E-state index contributed by atoms with van der Waals surface area (Å²) in [7, 11) is 1.83. The van der Waals surface area contributed by atoms with Crippen LogP contribution in [0.2, 0.25) is 0 Å². The molecule has 1 amide bonds. The monoisotopic (exact) mass is 218 g/mol. The highest BCUT2D eigenvalue weighted by atomic mass is 16.4. The molecule has 0 saturated carbocycles. The summed E-state index contributed by atoms with van der Waals surface area (Å²) in [6.07, 6.45) is 1.69. The molecule has 0 unspecified atom stereocenters. The van der Waals surface area contributed by atoms with Crippen LogP contribution in [0.25, 0.3) is 10.9 Å². The number of carbonyl (C=O) groups is 2. The molecule has 1 aromatic heterocycles. The summed E-state index contributed by atoms with van der Waals surface area (Å²) in [4.78, 5) is 21.5. The average Bonchev–Trinajstić information content (AvgIpc) is 2.57. The smallest absolute Gasteiger partial charge is 0.394 e. The topological polar surface area (TPSA) is 71.3 Å². The number of aliphatic carboxylic acids is 1. The van der Waals surface area contributed by atoms with Gasteiger partial charge in [0.05, 0.1) is 5.69 Å². The second-order valence-electron chi connectivity index (χ2n) is 3.43. The predicted octanol–water partition coefficient (Wildman–Crippen LogP) is 1.20. The van der Waals surface area contributed by atoms with Gasteiger partial charge in [0.25, 0.3) is 0 Å². The van der Waals surface area contributed by atoms with E-state index in [1.165, 1.54) is 0 Å². The van der Waals surface area contributed by atoms with E-state index in [4.69, 9.17) is 5.11 Å². The van der Waals surface area contributed by atoms with Crippen molar-refractivity contribution in [3.05, 3.63) is 30.5 Å². The number of amides is 1. The molecule has 0 spiro atoms. The molecule has 5 nitrogen and oxygen atoms in total. The maximum absolute atomic E-state index is 11.0. The quantitative estimate of drug-likeness (QED) is 0.706. The summed E-state index contributed by atoms with van der Waals surface area (Å²) >= 11 is 0. The Bertz CT molecular complexity index is 572. The SMILES string of the molecule is Cn1cc(NC(=O)C(=O)O)c2ccccc21. The molecule has 0 saturated heterocycles. The number of para-hydroxylation sites is 1. The molecule has 0 bridgehead atoms. The Morgan fingerprint density at radius 3 is 2.69 bits per heavy atom. The molecule has 0 aliphatic heterocycles. The summed E-state index contributed by atoms with van der Waals surface area (Å²) in [6, 6.07) is 7.43. The van der Waals surface area contributed by atoms with Crippen LogP contribution in [0.15, 0.2) is 30.5 Å². The van der Waals surface area contributed by atoms with Crippen LogP contribution in [-0.2, 0) is 16.6 Å². The van der Waals surface area contributed by atoms with Gasteiger partial charge in [-0.2, -0.15) is 0 Å². The number of hydrogen-bond acceptors (Lipinski definition) is 2. The van der Waals surface area contributed by atoms with Gasteiger partial charge in [-0.3, -0.25) is 4.79 Å². The van der Waals surface area contributed by atoms with Crippen molar-refractivity contribution < 1.29 is 14.7 Å². The second kappa shape index (κ2) is 3.69. The molecule has 2 N–H and O–H groups in total. The maximum Gasteiger partial charge on any atom is 0.394 e. The van der Waals surface area contributed by atoms with Crippen LogP contribution < -0.4 is 5.32 Å². The summed E-state index contributed by atoms with van der Waals surface area (Å²) in [5.74, 6) is -2.52. The Balaban J connectivity index is 2.46. The van der Waals surface area contributed by atoms with Crippen molar-refractivity contribution in [1.29, 1.82) is 0 Å². The van der Waals surface area contributed by atoms with Crippen LogP contribution in [0, 0.1) is 0 Å². The van der Waals surface area contributed by atoms with Gasteiger partial charge in [0.15, 0.2) is 0 Å². The molecule has 0 aliphatic rings. The van der Waals surface area contributed by atoms with Crippen LogP contribution in [0.1, 0.15) is 0 Å². The first-order valence-corrected chi connectivity index (χ1v) is 4.68. The first-order chi connectivity index (χ1) is 7.59. The third-order valence-electron chi connectivity index (χ3n) is 2.34. The number of carboxylic acids is 1. The van der Waals surface area contributed by atoms with Gasteiger partial charge in [0.1, 0.15) is 0 Å². The summed E-state index contributed by atoms with van der Waals surface area (Å²) in [5, 5.41) is 11.7. The molecule has 82 valence electrons. The third-order valence-corrected chi connectivity index (χ3v) is 2.34. The zero-order valence-electron chi connectivity index (χ0n) is 8.60. The standard InChI is InChI=1S/C11H10N2O3/c1-13-6-8(12-10(14)11(15)16)7-4-2-3-5-9(7)13/h2-6H,1H3,(H,12,14)(H,15,16). The van der Waals surface area contributed by atoms with Gasteiger partial charge in [-0.05, 0) is 6.07 Å². The zero-order valence-corrected chi connectivity index (χ0v) is 8.60. The molecular weight excluding hydrogens is 208 g/mol. The normalized spacial score (nSPS) is 10.3. The molecule has 5 heteroatoms. The Morgan fingerprint density at radius 1 is 1.31 bits per heavy atom. The first-order valence-electron chi connectivity index (χ1n) is 4.68. The van der Waals surface area contributed by atoms with Crippen molar-refractivity contribution in [2.45, 2.75) is 0 Å². The number of nitrogens with zero attached hydrogens (tertiary/aromatic N) is 1. The Kier molecular flexibility index (Phi) is 2.36. The second-order valence-corrected chi connectivity index (χ2v) is 3.43. The fourth-order valence-corrected chi connectivity index (χ4v) is 1.62. The number of anilines is 1. The average molecular weight is 218 g/mol. The molecule has 0 radical (unpaired) electrons. The lowest BCUT2D eigenvalue weighted by Gasteiger charge is -1.98. The van der Waals surface area contributed by atoms with E-state index in [9.17, 15) is 9.59 Å². The van der Waals surface area contributed by atoms with Gasteiger partial charge >= 0.3 is 11.9 Å². The number of aryl methyl sites for hydroxylation is 1. The molecule has 1 heterocycles. The fraction of sp³-hybridized carbons (Fsp3) is 0.0909. The fourth-order valence-electron chi connectivity index (χ4n) is 1.62. The highest BCUT2D eigenvalue weighted by molar-refractivity contribution is 6.37. The number of hydrogen-bond donors (Lipinski definition) is 2. The number of carbonyl (C=O) groups excluding carboxylic acids is 1. The summed E-state index contributed by atoms with van der Waals surface area (Å²) in [5.41, 5.74) is 1.44. The molecule has 2 rings (SSSR count). The van der Waals surface area contributed by atoms with Gasteiger partial charge in [-0.1, -0.05) is 18.2 Å². The lowest BCUT2D eigenvalue weighted by molar-refractivity contribution is -0.147. The Hall–Kier alpha value is -2.30. The largest absolute Gasteiger partial charge is 0.474 e. The van der Waals surface area contributed by atoms with Crippen LogP contribution in [0.3, 0.4) is 0 Å². The number of fused-ring (bicyclic) bond motifs is 1. The van der Waals surface area contributed by atoms with Crippen LogP contribution >= 0.6 is 0 Å². The van der Waals surface area contributed by atoms with E-state index in [-0.39, 0.29) is 0 Å². The van der Waals surface area contributed by atoms with Crippen molar-refractivity contribution in [2.75, 3.05) is 5.32 Å². The highest BCUT2D eigenvalue weighted by Gasteiger charge is 2.14. The van der Waals surface area contributed by atoms with E-state index >= 15 is 0 Å². The number of carboxylic acid groups (broad SMARTS) is 1. The molecular formula is C11H10N2O3. The molecule has 2 aromatic rings. The van der Waals surface area contributed by atoms with Gasteiger partial charge < -0.3 is 15.0 Å². The number of aromatic nitrogens is 1. The first kappa shape index (κ1) is 10.2. The van der Waals surface area contributed by atoms with E-state index in [0.29, 0.717) is 5.69 Å². The minimum Gasteiger partial charge on any atom is -0.474 e. The third kappa shape index (κ3) is 1.63. The van der Waals surface area contributed by atoms with E-state index in [0.717, 1.165) is 10.9 Å². The van der Waals surface area contributed by atoms with Crippen molar-refractivity contribution >= 4 is 28.5 Å². The van der Waals surface area contributed by atoms with Crippen LogP contribution in [0.5, 0.6) is 0 Å². The minimum atomic E-state index is -1.49. The number of rotatable bonds is 1. The molecule has 16 heavy (non-hydrogen) atoms. The zero-order chi connectivity index (χ0) is 11.7. The van der Waals surface area contributed by atoms with Crippen LogP contribution in [0.4, 0.5) is 5.69 Å². The lowest BCUT2D eigenvalue weighted by atomic mass is 10.2. The van der Waals surface area contributed by atoms with Gasteiger partial charge in [-0.15, -0.1) is 0 Å². The summed E-state index contributed by atoms with van der Waals surface area (Å²) < 4.78 is 1.83. The molecule has 0 aliphatic carbocycles. The van der Waals surface area contributed by atoms with E-state index in [2.05, 4.69) is 5.32 Å². The predicted molar refractivity (Wildman–Crippen MR) is 59.2 cm³/mol. The van der Waals surface area contributed by atoms with Gasteiger partial charge in [0, 0.05) is 24.1 Å². The Morgan fingerprint density at radius 2 is 2.00 bits per heavy atom. The van der Waals surface area contributed by atoms with Crippen molar-refractivity contribution in [1.82, 2.24) is 4.57 Å². The van der Waals surface area contributed by atoms with Crippen molar-refractivity contribution in [2.24, 2.45) is 7.05 Å². The van der Waals surface area contributed by atoms with E-state index in [1.54, 1.807) is 6.20 Å². The molecule has 0 fully saturated rings. The van der Waals surface area contributed by atoms with Crippen LogP contribution in [-0.4, -0.2) is 21.6 Å². The Labute approximate surface area is 91.3 Å². The highest BCUT2D eigenvalue weighted by Crippen LogP contribution is 2.24. The van der Waals surface area contributed by atoms with Crippen molar-refractivity contribution in [3.8, 4) is 0 Å². The number of nitrogens with one attached hydrogen (secondary N) is 1. The molecule has 0 atom stereocenters. The number of benzene rings is 1. The lowest BCUT2D eigenvalue weighted by Crippen LogP contribution is -2.21. The van der Waals surface area contributed by atoms with E-state index < -0.39 is 11.9 Å². The van der Waals surface area contributed by atoms with Crippen molar-refractivity contribution in [3.63, 3.8) is 0 Å². The summed E-state index contributed by atoms with van der Waals surface area (Å²) in [6.45, 7) is 0. The van der Waals surface area contributed by atoms with Gasteiger partial charge in [-0.25, -0.2) is 4.79 Å². The van der Waals surface area contributed by atoms with Gasteiger partial charge in [0.2, 0.25) is 0 Å².